The molecule has 0 aliphatic heterocycles. The molecule has 2 N–H and O–H groups in total. The van der Waals surface area contributed by atoms with E-state index in [1.807, 2.05) is 6.07 Å². The smallest absolute Gasteiger partial charge is 0.0705 e. The van der Waals surface area contributed by atoms with E-state index in [1.165, 1.54) is 31.1 Å². The fourth-order valence-corrected chi connectivity index (χ4v) is 3.23. The van der Waals surface area contributed by atoms with Gasteiger partial charge in [0, 0.05) is 31.1 Å². The molecule has 1 aliphatic rings. The second-order valence-corrected chi connectivity index (χ2v) is 5.69. The first-order valence-corrected chi connectivity index (χ1v) is 7.65. The highest BCUT2D eigenvalue weighted by molar-refractivity contribution is 5.78. The predicted molar refractivity (Wildman–Crippen MR) is 83.5 cm³/mol. The van der Waals surface area contributed by atoms with Gasteiger partial charge in [-0.25, -0.2) is 0 Å². The molecule has 106 valence electrons. The second kappa shape index (κ2) is 6.33. The molecule has 1 aromatic heterocycles. The van der Waals surface area contributed by atoms with Gasteiger partial charge in [-0.05, 0) is 25.0 Å². The molecule has 0 saturated heterocycles. The minimum atomic E-state index is 0.701. The van der Waals surface area contributed by atoms with Crippen molar-refractivity contribution in [3.8, 4) is 0 Å². The summed E-state index contributed by atoms with van der Waals surface area (Å²) < 4.78 is 0. The van der Waals surface area contributed by atoms with Crippen LogP contribution in [0, 0.1) is 0 Å². The molecule has 3 nitrogen and oxygen atoms in total. The zero-order valence-electron chi connectivity index (χ0n) is 12.0. The minimum Gasteiger partial charge on any atom is -0.329 e. The largest absolute Gasteiger partial charge is 0.329 e. The van der Waals surface area contributed by atoms with E-state index < -0.39 is 0 Å². The number of benzene rings is 1. The Morgan fingerprint density at radius 2 is 1.90 bits per heavy atom. The van der Waals surface area contributed by atoms with Crippen LogP contribution in [0.25, 0.3) is 10.9 Å². The van der Waals surface area contributed by atoms with E-state index in [1.54, 1.807) is 0 Å². The van der Waals surface area contributed by atoms with Crippen LogP contribution in [0.1, 0.15) is 31.4 Å². The van der Waals surface area contributed by atoms with E-state index in [0.717, 1.165) is 30.8 Å². The fraction of sp³-hybridized carbons (Fsp3) is 0.471. The first-order chi connectivity index (χ1) is 9.86. The number of nitrogens with two attached hydrogens (primary N) is 1. The average Bonchev–Trinajstić information content (AvgIpc) is 3.01. The topological polar surface area (TPSA) is 42.1 Å². The van der Waals surface area contributed by atoms with Gasteiger partial charge in [-0.3, -0.25) is 9.88 Å². The third-order valence-electron chi connectivity index (χ3n) is 4.28. The van der Waals surface area contributed by atoms with Crippen LogP contribution in [0.5, 0.6) is 0 Å². The summed E-state index contributed by atoms with van der Waals surface area (Å²) in [5.74, 6) is 0. The summed E-state index contributed by atoms with van der Waals surface area (Å²) in [4.78, 5) is 7.30. The van der Waals surface area contributed by atoms with Gasteiger partial charge in [0.05, 0.1) is 11.2 Å². The fourth-order valence-electron chi connectivity index (χ4n) is 3.23. The highest BCUT2D eigenvalue weighted by Crippen LogP contribution is 2.24. The van der Waals surface area contributed by atoms with E-state index >= 15 is 0 Å². The summed E-state index contributed by atoms with van der Waals surface area (Å²) in [6, 6.07) is 13.3. The van der Waals surface area contributed by atoms with Crippen LogP contribution in [0.2, 0.25) is 0 Å². The standard InChI is InChI=1S/C17H23N3/c18-11-12-20(16-6-2-3-7-16)13-15-10-9-14-5-1-4-8-17(14)19-15/h1,4-5,8-10,16H,2-3,6-7,11-13,18H2. The summed E-state index contributed by atoms with van der Waals surface area (Å²) in [5.41, 5.74) is 8.02. The third-order valence-corrected chi connectivity index (χ3v) is 4.28. The van der Waals surface area contributed by atoms with Crippen molar-refractivity contribution in [1.82, 2.24) is 9.88 Å². The molecule has 0 radical (unpaired) electrons. The summed E-state index contributed by atoms with van der Waals surface area (Å²) in [7, 11) is 0. The van der Waals surface area contributed by atoms with Crippen molar-refractivity contribution in [2.24, 2.45) is 5.73 Å². The molecular formula is C17H23N3. The molecular weight excluding hydrogens is 246 g/mol. The normalized spacial score (nSPS) is 16.3. The number of nitrogens with zero attached hydrogens (tertiary/aromatic N) is 2. The van der Waals surface area contributed by atoms with Crippen molar-refractivity contribution in [3.05, 3.63) is 42.1 Å². The highest BCUT2D eigenvalue weighted by Gasteiger charge is 2.22. The van der Waals surface area contributed by atoms with Crippen LogP contribution in [0.15, 0.2) is 36.4 Å². The van der Waals surface area contributed by atoms with Gasteiger partial charge in [-0.1, -0.05) is 37.1 Å². The van der Waals surface area contributed by atoms with Gasteiger partial charge in [0.1, 0.15) is 0 Å². The summed E-state index contributed by atoms with van der Waals surface area (Å²) in [6.07, 6.45) is 5.34. The van der Waals surface area contributed by atoms with Crippen LogP contribution in [0.4, 0.5) is 0 Å². The average molecular weight is 269 g/mol. The molecule has 0 unspecified atom stereocenters. The molecule has 0 amide bonds. The number of hydrogen-bond donors (Lipinski definition) is 1. The molecule has 1 aliphatic carbocycles. The van der Waals surface area contributed by atoms with E-state index in [0.29, 0.717) is 6.04 Å². The number of aromatic nitrogens is 1. The molecule has 3 rings (SSSR count). The SMILES string of the molecule is NCCN(Cc1ccc2ccccc2n1)C1CCCC1. The van der Waals surface area contributed by atoms with E-state index in [2.05, 4.69) is 35.2 Å². The first kappa shape index (κ1) is 13.5. The van der Waals surface area contributed by atoms with Crippen LogP contribution in [0.3, 0.4) is 0 Å². The lowest BCUT2D eigenvalue weighted by atomic mass is 10.1. The van der Waals surface area contributed by atoms with Gasteiger partial charge in [0.2, 0.25) is 0 Å². The summed E-state index contributed by atoms with van der Waals surface area (Å²) in [5, 5.41) is 1.21. The summed E-state index contributed by atoms with van der Waals surface area (Å²) >= 11 is 0. The molecule has 1 aromatic carbocycles. The van der Waals surface area contributed by atoms with Crippen LogP contribution in [-0.2, 0) is 6.54 Å². The zero-order valence-corrected chi connectivity index (χ0v) is 12.0. The van der Waals surface area contributed by atoms with Crippen molar-refractivity contribution in [2.75, 3.05) is 13.1 Å². The van der Waals surface area contributed by atoms with Gasteiger partial charge in [-0.2, -0.15) is 0 Å². The van der Waals surface area contributed by atoms with Gasteiger partial charge >= 0.3 is 0 Å². The zero-order chi connectivity index (χ0) is 13.8. The lowest BCUT2D eigenvalue weighted by molar-refractivity contribution is 0.193. The maximum absolute atomic E-state index is 5.78. The third kappa shape index (κ3) is 3.00. The predicted octanol–water partition coefficient (Wildman–Crippen LogP) is 2.94. The van der Waals surface area contributed by atoms with E-state index in [9.17, 15) is 0 Å². The first-order valence-electron chi connectivity index (χ1n) is 7.65. The molecule has 0 atom stereocenters. The van der Waals surface area contributed by atoms with Gasteiger partial charge in [0.25, 0.3) is 0 Å². The van der Waals surface area contributed by atoms with Gasteiger partial charge in [0.15, 0.2) is 0 Å². The quantitative estimate of drug-likeness (QED) is 0.907. The number of para-hydroxylation sites is 1. The molecule has 2 aromatic rings. The van der Waals surface area contributed by atoms with Gasteiger partial charge < -0.3 is 5.73 Å². The van der Waals surface area contributed by atoms with Crippen molar-refractivity contribution in [3.63, 3.8) is 0 Å². The Morgan fingerprint density at radius 1 is 1.10 bits per heavy atom. The van der Waals surface area contributed by atoms with Crippen molar-refractivity contribution >= 4 is 10.9 Å². The number of hydrogen-bond acceptors (Lipinski definition) is 3. The lowest BCUT2D eigenvalue weighted by Crippen LogP contribution is -2.36. The van der Waals surface area contributed by atoms with Gasteiger partial charge in [-0.15, -0.1) is 0 Å². The highest BCUT2D eigenvalue weighted by atomic mass is 15.2. The van der Waals surface area contributed by atoms with Crippen LogP contribution >= 0.6 is 0 Å². The summed E-state index contributed by atoms with van der Waals surface area (Å²) in [6.45, 7) is 2.62. The molecule has 0 spiro atoms. The molecule has 20 heavy (non-hydrogen) atoms. The van der Waals surface area contributed by atoms with E-state index in [4.69, 9.17) is 10.7 Å². The number of fused-ring (bicyclic) bond motifs is 1. The number of rotatable bonds is 5. The molecule has 1 fully saturated rings. The minimum absolute atomic E-state index is 0.701. The Hall–Kier alpha value is -1.45. The van der Waals surface area contributed by atoms with Crippen LogP contribution in [-0.4, -0.2) is 29.0 Å². The Morgan fingerprint density at radius 3 is 2.70 bits per heavy atom. The Bertz CT molecular complexity index is 561. The maximum atomic E-state index is 5.78. The molecule has 3 heteroatoms. The molecule has 0 bridgehead atoms. The van der Waals surface area contributed by atoms with Crippen LogP contribution < -0.4 is 5.73 Å². The maximum Gasteiger partial charge on any atom is 0.0705 e. The Labute approximate surface area is 120 Å². The van der Waals surface area contributed by atoms with Crippen molar-refractivity contribution in [1.29, 1.82) is 0 Å². The monoisotopic (exact) mass is 269 g/mol. The molecule has 1 saturated carbocycles. The lowest BCUT2D eigenvalue weighted by Gasteiger charge is -2.28. The Balaban J connectivity index is 1.78. The molecule has 1 heterocycles. The Kier molecular flexibility index (Phi) is 4.28. The van der Waals surface area contributed by atoms with Crippen molar-refractivity contribution < 1.29 is 0 Å². The number of pyridine rings is 1. The second-order valence-electron chi connectivity index (χ2n) is 5.69. The van der Waals surface area contributed by atoms with Crippen molar-refractivity contribution in [2.45, 2.75) is 38.3 Å². The van der Waals surface area contributed by atoms with E-state index in [-0.39, 0.29) is 0 Å².